The predicted molar refractivity (Wildman–Crippen MR) is 51.4 cm³/mol. The lowest BCUT2D eigenvalue weighted by Crippen LogP contribution is -2.33. The Hall–Kier alpha value is -1.47. The van der Waals surface area contributed by atoms with Crippen molar-refractivity contribution in [2.45, 2.75) is 25.9 Å². The Morgan fingerprint density at radius 3 is 2.41 bits per heavy atom. The van der Waals surface area contributed by atoms with Crippen LogP contribution in [-0.4, -0.2) is 36.5 Å². The van der Waals surface area contributed by atoms with E-state index in [-0.39, 0.29) is 18.9 Å². The van der Waals surface area contributed by atoms with Gasteiger partial charge in [-0.15, -0.1) is 0 Å². The number of carboxylic acid groups (broad SMARTS) is 1. The minimum atomic E-state index is -4.57. The Morgan fingerprint density at radius 2 is 2.00 bits per heavy atom. The summed E-state index contributed by atoms with van der Waals surface area (Å²) in [7, 11) is 0. The molecule has 0 saturated heterocycles. The highest BCUT2D eigenvalue weighted by molar-refractivity contribution is 5.68. The monoisotopic (exact) mass is 257 g/mol. The molecule has 5 nitrogen and oxygen atoms in total. The van der Waals surface area contributed by atoms with Crippen LogP contribution in [0.25, 0.3) is 0 Å². The smallest absolute Gasteiger partial charge is 0.422 e. The van der Waals surface area contributed by atoms with Gasteiger partial charge in [-0.05, 0) is 5.92 Å². The van der Waals surface area contributed by atoms with Gasteiger partial charge in [-0.1, -0.05) is 13.3 Å². The standard InChI is InChI=1S/C9H14F3NO4/c1-2-6(3-7(14)15)4-13-8(16)17-5-9(10,11)12/h6H,2-5H2,1H3,(H,13,16)(H,14,15). The van der Waals surface area contributed by atoms with E-state index in [0.29, 0.717) is 6.42 Å². The van der Waals surface area contributed by atoms with Crippen molar-refractivity contribution in [3.8, 4) is 0 Å². The summed E-state index contributed by atoms with van der Waals surface area (Å²) in [6.45, 7) is 0.0321. The number of hydrogen-bond acceptors (Lipinski definition) is 3. The number of nitrogens with one attached hydrogen (secondary N) is 1. The molecule has 17 heavy (non-hydrogen) atoms. The number of rotatable bonds is 6. The Kier molecular flexibility index (Phi) is 6.37. The fraction of sp³-hybridized carbons (Fsp3) is 0.778. The van der Waals surface area contributed by atoms with Gasteiger partial charge in [0.05, 0.1) is 0 Å². The summed E-state index contributed by atoms with van der Waals surface area (Å²) in [6.07, 6.45) is -5.43. The summed E-state index contributed by atoms with van der Waals surface area (Å²) in [5.74, 6) is -1.35. The Labute approximate surface area is 95.9 Å². The van der Waals surface area contributed by atoms with E-state index in [4.69, 9.17) is 5.11 Å². The summed E-state index contributed by atoms with van der Waals surface area (Å²) in [6, 6.07) is 0. The van der Waals surface area contributed by atoms with Crippen LogP contribution >= 0.6 is 0 Å². The van der Waals surface area contributed by atoms with Gasteiger partial charge in [0.15, 0.2) is 6.61 Å². The summed E-state index contributed by atoms with van der Waals surface area (Å²) in [5.41, 5.74) is 0. The third-order valence-corrected chi connectivity index (χ3v) is 1.94. The minimum absolute atomic E-state index is 0.0283. The van der Waals surface area contributed by atoms with E-state index in [1.165, 1.54) is 0 Å². The first kappa shape index (κ1) is 15.5. The van der Waals surface area contributed by atoms with Gasteiger partial charge in [0.1, 0.15) is 0 Å². The molecule has 2 N–H and O–H groups in total. The molecule has 0 fully saturated rings. The highest BCUT2D eigenvalue weighted by atomic mass is 19.4. The van der Waals surface area contributed by atoms with Gasteiger partial charge in [-0.2, -0.15) is 13.2 Å². The largest absolute Gasteiger partial charge is 0.481 e. The zero-order valence-corrected chi connectivity index (χ0v) is 9.21. The summed E-state index contributed by atoms with van der Waals surface area (Å²) >= 11 is 0. The van der Waals surface area contributed by atoms with Gasteiger partial charge >= 0.3 is 18.2 Å². The number of amides is 1. The SMILES string of the molecule is CCC(CNC(=O)OCC(F)(F)F)CC(=O)O. The van der Waals surface area contributed by atoms with Crippen LogP contribution in [0.3, 0.4) is 0 Å². The van der Waals surface area contributed by atoms with E-state index in [0.717, 1.165) is 0 Å². The second-order valence-corrected chi connectivity index (χ2v) is 3.44. The molecule has 0 aromatic rings. The molecule has 0 aromatic carbocycles. The van der Waals surface area contributed by atoms with Gasteiger partial charge in [0, 0.05) is 13.0 Å². The van der Waals surface area contributed by atoms with E-state index in [2.05, 4.69) is 10.1 Å². The van der Waals surface area contributed by atoms with Gasteiger partial charge < -0.3 is 15.2 Å². The van der Waals surface area contributed by atoms with Crippen LogP contribution < -0.4 is 5.32 Å². The van der Waals surface area contributed by atoms with Crippen molar-refractivity contribution in [1.82, 2.24) is 5.32 Å². The summed E-state index contributed by atoms with van der Waals surface area (Å²) in [5, 5.41) is 10.6. The molecule has 100 valence electrons. The van der Waals surface area contributed by atoms with Crippen molar-refractivity contribution in [2.75, 3.05) is 13.2 Å². The van der Waals surface area contributed by atoms with E-state index < -0.39 is 24.8 Å². The first-order chi connectivity index (χ1) is 7.74. The van der Waals surface area contributed by atoms with Crippen LogP contribution in [0.2, 0.25) is 0 Å². The molecule has 0 saturated carbocycles. The molecule has 0 aliphatic rings. The Bertz CT molecular complexity index is 267. The average Bonchev–Trinajstić information content (AvgIpc) is 2.19. The van der Waals surface area contributed by atoms with E-state index in [1.54, 1.807) is 6.92 Å². The number of alkyl carbamates (subject to hydrolysis) is 1. The second kappa shape index (κ2) is 6.97. The molecule has 0 spiro atoms. The number of carboxylic acids is 1. The summed E-state index contributed by atoms with van der Waals surface area (Å²) < 4.78 is 38.9. The first-order valence-corrected chi connectivity index (χ1v) is 4.93. The molecule has 1 atom stereocenters. The average molecular weight is 257 g/mol. The first-order valence-electron chi connectivity index (χ1n) is 4.93. The van der Waals surface area contributed by atoms with Crippen LogP contribution in [0.4, 0.5) is 18.0 Å². The highest BCUT2D eigenvalue weighted by Gasteiger charge is 2.29. The number of halogens is 3. The van der Waals surface area contributed by atoms with Crippen molar-refractivity contribution in [3.63, 3.8) is 0 Å². The van der Waals surface area contributed by atoms with Crippen LogP contribution in [0.15, 0.2) is 0 Å². The molecular weight excluding hydrogens is 243 g/mol. The van der Waals surface area contributed by atoms with E-state index in [9.17, 15) is 22.8 Å². The fourth-order valence-electron chi connectivity index (χ4n) is 1.03. The van der Waals surface area contributed by atoms with Crippen LogP contribution in [0.1, 0.15) is 19.8 Å². The number of alkyl halides is 3. The van der Waals surface area contributed by atoms with Crippen molar-refractivity contribution in [3.05, 3.63) is 0 Å². The van der Waals surface area contributed by atoms with Gasteiger partial charge in [0.25, 0.3) is 0 Å². The van der Waals surface area contributed by atoms with E-state index in [1.807, 2.05) is 0 Å². The molecule has 1 unspecified atom stereocenters. The molecule has 8 heteroatoms. The number of ether oxygens (including phenoxy) is 1. The Balaban J connectivity index is 3.85. The molecule has 0 radical (unpaired) electrons. The third kappa shape index (κ3) is 9.46. The maximum atomic E-state index is 11.7. The van der Waals surface area contributed by atoms with Gasteiger partial charge in [-0.25, -0.2) is 4.79 Å². The zero-order valence-electron chi connectivity index (χ0n) is 9.21. The molecule has 0 aliphatic carbocycles. The molecule has 0 bridgehead atoms. The predicted octanol–water partition coefficient (Wildman–Crippen LogP) is 1.78. The number of carbonyl (C=O) groups is 2. The third-order valence-electron chi connectivity index (χ3n) is 1.94. The molecule has 0 rings (SSSR count). The van der Waals surface area contributed by atoms with Crippen molar-refractivity contribution in [2.24, 2.45) is 5.92 Å². The fourth-order valence-corrected chi connectivity index (χ4v) is 1.03. The van der Waals surface area contributed by atoms with Crippen LogP contribution in [-0.2, 0) is 9.53 Å². The maximum Gasteiger partial charge on any atom is 0.422 e. The van der Waals surface area contributed by atoms with Crippen molar-refractivity contribution >= 4 is 12.1 Å². The molecule has 0 aliphatic heterocycles. The van der Waals surface area contributed by atoms with Gasteiger partial charge in [0.2, 0.25) is 0 Å². The van der Waals surface area contributed by atoms with E-state index >= 15 is 0 Å². The lowest BCUT2D eigenvalue weighted by Gasteiger charge is -2.14. The Morgan fingerprint density at radius 1 is 1.41 bits per heavy atom. The second-order valence-electron chi connectivity index (χ2n) is 3.44. The molecule has 0 heterocycles. The topological polar surface area (TPSA) is 75.6 Å². The van der Waals surface area contributed by atoms with Gasteiger partial charge in [-0.3, -0.25) is 4.79 Å². The molecular formula is C9H14F3NO4. The number of aliphatic carboxylic acids is 1. The minimum Gasteiger partial charge on any atom is -0.481 e. The number of hydrogen-bond donors (Lipinski definition) is 2. The molecule has 0 aromatic heterocycles. The number of carbonyl (C=O) groups excluding carboxylic acids is 1. The lowest BCUT2D eigenvalue weighted by molar-refractivity contribution is -0.160. The zero-order chi connectivity index (χ0) is 13.5. The lowest BCUT2D eigenvalue weighted by atomic mass is 10.0. The summed E-state index contributed by atoms with van der Waals surface area (Å²) in [4.78, 5) is 21.2. The quantitative estimate of drug-likeness (QED) is 0.760. The maximum absolute atomic E-state index is 11.7. The van der Waals surface area contributed by atoms with Crippen LogP contribution in [0, 0.1) is 5.92 Å². The molecule has 1 amide bonds. The highest BCUT2D eigenvalue weighted by Crippen LogP contribution is 2.14. The van der Waals surface area contributed by atoms with Crippen molar-refractivity contribution in [1.29, 1.82) is 0 Å². The van der Waals surface area contributed by atoms with Crippen LogP contribution in [0.5, 0.6) is 0 Å². The normalized spacial score (nSPS) is 12.9. The van der Waals surface area contributed by atoms with Crippen molar-refractivity contribution < 1.29 is 32.6 Å².